The van der Waals surface area contributed by atoms with Gasteiger partial charge in [-0.05, 0) is 53.6 Å². The fraction of sp³-hybridized carbons (Fsp3) is 0.222. The minimum Gasteiger partial charge on any atom is -0.298 e. The second kappa shape index (κ2) is 3.34. The average molecular weight is 260 g/mol. The van der Waals surface area contributed by atoms with E-state index in [1.54, 1.807) is 0 Å². The largest absolute Gasteiger partial charge is 0.298 e. The first-order valence-electron chi connectivity index (χ1n) is 3.37. The highest BCUT2D eigenvalue weighted by Crippen LogP contribution is 2.16. The third-order valence-electron chi connectivity index (χ3n) is 1.60. The molecule has 1 aromatic rings. The van der Waals surface area contributed by atoms with Crippen LogP contribution in [0.3, 0.4) is 0 Å². The van der Waals surface area contributed by atoms with Crippen molar-refractivity contribution in [2.75, 3.05) is 0 Å². The van der Waals surface area contributed by atoms with Gasteiger partial charge in [-0.2, -0.15) is 0 Å². The maximum absolute atomic E-state index is 10.6. The van der Waals surface area contributed by atoms with Gasteiger partial charge in [-0.3, -0.25) is 4.79 Å². The van der Waals surface area contributed by atoms with Gasteiger partial charge in [0.1, 0.15) is 0 Å². The zero-order valence-electron chi connectivity index (χ0n) is 6.52. The van der Waals surface area contributed by atoms with Gasteiger partial charge in [0.15, 0.2) is 6.29 Å². The number of benzene rings is 1. The Hall–Kier alpha value is -0.380. The summed E-state index contributed by atoms with van der Waals surface area (Å²) in [6.07, 6.45) is 0.913. The molecule has 1 aromatic carbocycles. The number of halogens is 1. The van der Waals surface area contributed by atoms with Crippen molar-refractivity contribution < 1.29 is 4.79 Å². The van der Waals surface area contributed by atoms with Gasteiger partial charge in [-0.25, -0.2) is 0 Å². The average Bonchev–Trinajstić information content (AvgIpc) is 1.85. The fourth-order valence-electron chi connectivity index (χ4n) is 1.08. The Morgan fingerprint density at radius 3 is 2.45 bits per heavy atom. The van der Waals surface area contributed by atoms with Crippen molar-refractivity contribution in [2.24, 2.45) is 0 Å². The molecule has 0 saturated heterocycles. The number of hydrogen-bond donors (Lipinski definition) is 0. The summed E-state index contributed by atoms with van der Waals surface area (Å²) in [4.78, 5) is 10.6. The van der Waals surface area contributed by atoms with Crippen molar-refractivity contribution in [3.05, 3.63) is 32.4 Å². The Morgan fingerprint density at radius 2 is 2.00 bits per heavy atom. The van der Waals surface area contributed by atoms with Crippen molar-refractivity contribution >= 4 is 28.9 Å². The molecular weight excluding hydrogens is 251 g/mol. The number of rotatable bonds is 1. The predicted octanol–water partition coefficient (Wildman–Crippen LogP) is 2.72. The molecule has 0 aromatic heterocycles. The number of aldehydes is 1. The first-order valence-corrected chi connectivity index (χ1v) is 4.45. The molecule has 0 bridgehead atoms. The molecule has 0 heterocycles. The van der Waals surface area contributed by atoms with Crippen LogP contribution in [0.15, 0.2) is 12.1 Å². The van der Waals surface area contributed by atoms with E-state index in [1.807, 2.05) is 26.0 Å². The van der Waals surface area contributed by atoms with E-state index < -0.39 is 0 Å². The molecule has 0 aliphatic carbocycles. The van der Waals surface area contributed by atoms with Gasteiger partial charge >= 0.3 is 0 Å². The van der Waals surface area contributed by atoms with Gasteiger partial charge in [0.25, 0.3) is 0 Å². The lowest BCUT2D eigenvalue weighted by Crippen LogP contribution is -1.91. The lowest BCUT2D eigenvalue weighted by Gasteiger charge is -2.02. The second-order valence-electron chi connectivity index (χ2n) is 2.60. The Labute approximate surface area is 79.9 Å². The number of carbonyl (C=O) groups is 1. The van der Waals surface area contributed by atoms with Gasteiger partial charge < -0.3 is 0 Å². The SMILES string of the molecule is Cc1cc(C)c(C=O)c(I)c1. The van der Waals surface area contributed by atoms with Gasteiger partial charge in [-0.1, -0.05) is 6.07 Å². The molecule has 0 fully saturated rings. The van der Waals surface area contributed by atoms with E-state index in [0.717, 1.165) is 21.0 Å². The van der Waals surface area contributed by atoms with Crippen molar-refractivity contribution in [2.45, 2.75) is 13.8 Å². The Morgan fingerprint density at radius 1 is 1.36 bits per heavy atom. The van der Waals surface area contributed by atoms with Crippen molar-refractivity contribution in [3.63, 3.8) is 0 Å². The summed E-state index contributed by atoms with van der Waals surface area (Å²) < 4.78 is 1.04. The highest BCUT2D eigenvalue weighted by molar-refractivity contribution is 14.1. The fourth-order valence-corrected chi connectivity index (χ4v) is 2.12. The first kappa shape index (κ1) is 8.71. The quantitative estimate of drug-likeness (QED) is 0.560. The van der Waals surface area contributed by atoms with E-state index in [-0.39, 0.29) is 0 Å². The minimum atomic E-state index is 0.816. The van der Waals surface area contributed by atoms with Crippen LogP contribution in [0.1, 0.15) is 21.5 Å². The molecule has 0 unspecified atom stereocenters. The van der Waals surface area contributed by atoms with E-state index in [9.17, 15) is 4.79 Å². The monoisotopic (exact) mass is 260 g/mol. The van der Waals surface area contributed by atoms with E-state index in [1.165, 1.54) is 5.56 Å². The highest BCUT2D eigenvalue weighted by atomic mass is 127. The van der Waals surface area contributed by atoms with Crippen LogP contribution in [0, 0.1) is 17.4 Å². The number of carbonyl (C=O) groups excluding carboxylic acids is 1. The van der Waals surface area contributed by atoms with Crippen LogP contribution in [0.4, 0.5) is 0 Å². The van der Waals surface area contributed by atoms with Crippen LogP contribution in [-0.2, 0) is 0 Å². The molecule has 11 heavy (non-hydrogen) atoms. The summed E-state index contributed by atoms with van der Waals surface area (Å²) in [7, 11) is 0. The van der Waals surface area contributed by atoms with Crippen LogP contribution >= 0.6 is 22.6 Å². The van der Waals surface area contributed by atoms with Crippen LogP contribution in [0.2, 0.25) is 0 Å². The smallest absolute Gasteiger partial charge is 0.151 e. The number of aryl methyl sites for hydroxylation is 2. The molecule has 1 rings (SSSR count). The molecule has 0 atom stereocenters. The predicted molar refractivity (Wildman–Crippen MR) is 54.0 cm³/mol. The van der Waals surface area contributed by atoms with Gasteiger partial charge in [0, 0.05) is 9.13 Å². The second-order valence-corrected chi connectivity index (χ2v) is 3.76. The lowest BCUT2D eigenvalue weighted by molar-refractivity contribution is 0.112. The summed E-state index contributed by atoms with van der Waals surface area (Å²) in [6, 6.07) is 4.03. The molecule has 1 nitrogen and oxygen atoms in total. The van der Waals surface area contributed by atoms with Gasteiger partial charge in [0.2, 0.25) is 0 Å². The third kappa shape index (κ3) is 1.80. The van der Waals surface area contributed by atoms with Crippen molar-refractivity contribution in [1.82, 2.24) is 0 Å². The van der Waals surface area contributed by atoms with Crippen LogP contribution in [0.5, 0.6) is 0 Å². The van der Waals surface area contributed by atoms with E-state index in [0.29, 0.717) is 0 Å². The standard InChI is InChI=1S/C9H9IO/c1-6-3-7(2)8(5-11)9(10)4-6/h3-5H,1-2H3. The maximum atomic E-state index is 10.6. The zero-order valence-corrected chi connectivity index (χ0v) is 8.68. The highest BCUT2D eigenvalue weighted by Gasteiger charge is 2.01. The van der Waals surface area contributed by atoms with Gasteiger partial charge in [0.05, 0.1) is 0 Å². The van der Waals surface area contributed by atoms with Gasteiger partial charge in [-0.15, -0.1) is 0 Å². The molecule has 0 aliphatic heterocycles. The normalized spacial score (nSPS) is 9.73. The molecule has 0 spiro atoms. The lowest BCUT2D eigenvalue weighted by atomic mass is 10.1. The zero-order chi connectivity index (χ0) is 8.43. The Bertz CT molecular complexity index is 269. The molecule has 0 aliphatic rings. The van der Waals surface area contributed by atoms with Crippen LogP contribution < -0.4 is 0 Å². The Kier molecular flexibility index (Phi) is 2.65. The maximum Gasteiger partial charge on any atom is 0.151 e. The third-order valence-corrected chi connectivity index (χ3v) is 2.49. The molecule has 0 radical (unpaired) electrons. The van der Waals surface area contributed by atoms with Crippen LogP contribution in [0.25, 0.3) is 0 Å². The molecule has 58 valence electrons. The molecule has 0 saturated carbocycles. The molecule has 0 amide bonds. The molecule has 0 N–H and O–H groups in total. The minimum absolute atomic E-state index is 0.816. The van der Waals surface area contributed by atoms with Crippen LogP contribution in [-0.4, -0.2) is 6.29 Å². The number of hydrogen-bond acceptors (Lipinski definition) is 1. The van der Waals surface area contributed by atoms with E-state index in [4.69, 9.17) is 0 Å². The first-order chi connectivity index (χ1) is 5.15. The van der Waals surface area contributed by atoms with Crippen molar-refractivity contribution in [1.29, 1.82) is 0 Å². The van der Waals surface area contributed by atoms with E-state index >= 15 is 0 Å². The summed E-state index contributed by atoms with van der Waals surface area (Å²) >= 11 is 2.18. The van der Waals surface area contributed by atoms with Crippen molar-refractivity contribution in [3.8, 4) is 0 Å². The summed E-state index contributed by atoms with van der Waals surface area (Å²) in [5.74, 6) is 0. The van der Waals surface area contributed by atoms with E-state index in [2.05, 4.69) is 22.6 Å². The summed E-state index contributed by atoms with van der Waals surface area (Å²) in [5.41, 5.74) is 3.08. The topological polar surface area (TPSA) is 17.1 Å². The molecule has 2 heteroatoms. The summed E-state index contributed by atoms with van der Waals surface area (Å²) in [6.45, 7) is 3.99. The molecular formula is C9H9IO. The Balaban J connectivity index is 3.36. The summed E-state index contributed by atoms with van der Waals surface area (Å²) in [5, 5.41) is 0.